The van der Waals surface area contributed by atoms with Crippen molar-refractivity contribution in [2.24, 2.45) is 0 Å². The van der Waals surface area contributed by atoms with Crippen LogP contribution in [-0.2, 0) is 9.59 Å². The zero-order valence-corrected chi connectivity index (χ0v) is 16.1. The van der Waals surface area contributed by atoms with Gasteiger partial charge in [0.25, 0.3) is 0 Å². The minimum atomic E-state index is -0.138. The number of aromatic nitrogens is 1. The summed E-state index contributed by atoms with van der Waals surface area (Å²) in [6.07, 6.45) is 0. The van der Waals surface area contributed by atoms with Crippen LogP contribution in [0.1, 0.15) is 13.8 Å². The Morgan fingerprint density at radius 1 is 0.690 bits per heavy atom. The first-order valence-corrected chi connectivity index (χ1v) is 9.24. The molecule has 6 nitrogen and oxygen atoms in total. The van der Waals surface area contributed by atoms with Gasteiger partial charge in [-0.2, -0.15) is 0 Å². The number of carbonyl (C=O) groups excluding carboxylic acids is 2. The summed E-state index contributed by atoms with van der Waals surface area (Å²) in [4.78, 5) is 27.6. The van der Waals surface area contributed by atoms with Crippen molar-refractivity contribution in [2.45, 2.75) is 13.8 Å². The Morgan fingerprint density at radius 2 is 1.21 bits per heavy atom. The van der Waals surface area contributed by atoms with E-state index < -0.39 is 0 Å². The third-order valence-electron chi connectivity index (χ3n) is 4.46. The van der Waals surface area contributed by atoms with E-state index in [1.165, 1.54) is 13.8 Å². The normalized spacial score (nSPS) is 10.7. The van der Waals surface area contributed by atoms with Gasteiger partial charge >= 0.3 is 0 Å². The molecule has 144 valence electrons. The lowest BCUT2D eigenvalue weighted by Crippen LogP contribution is -2.06. The van der Waals surface area contributed by atoms with E-state index in [9.17, 15) is 9.59 Å². The molecular formula is C23H20N4O2. The highest BCUT2D eigenvalue weighted by molar-refractivity contribution is 6.10. The van der Waals surface area contributed by atoms with Crippen LogP contribution in [-0.4, -0.2) is 16.8 Å². The number of amides is 2. The quantitative estimate of drug-likeness (QED) is 0.430. The number of nitrogens with one attached hydrogen (secondary N) is 3. The molecule has 0 radical (unpaired) electrons. The molecule has 0 bridgehead atoms. The average Bonchev–Trinajstić information content (AvgIpc) is 2.67. The molecule has 0 fully saturated rings. The van der Waals surface area contributed by atoms with Gasteiger partial charge < -0.3 is 16.0 Å². The van der Waals surface area contributed by atoms with Crippen molar-refractivity contribution in [2.75, 3.05) is 16.0 Å². The predicted octanol–water partition coefficient (Wildman–Crippen LogP) is 5.05. The van der Waals surface area contributed by atoms with Gasteiger partial charge in [0.05, 0.1) is 16.7 Å². The Bertz CT molecular complexity index is 1160. The predicted molar refractivity (Wildman–Crippen MR) is 118 cm³/mol. The Balaban J connectivity index is 1.93. The Morgan fingerprint density at radius 3 is 1.69 bits per heavy atom. The van der Waals surface area contributed by atoms with Crippen LogP contribution < -0.4 is 16.0 Å². The van der Waals surface area contributed by atoms with E-state index in [0.29, 0.717) is 11.4 Å². The van der Waals surface area contributed by atoms with Gasteiger partial charge in [0.2, 0.25) is 11.8 Å². The van der Waals surface area contributed by atoms with Crippen LogP contribution in [0.25, 0.3) is 21.8 Å². The molecule has 2 amide bonds. The van der Waals surface area contributed by atoms with Crippen LogP contribution in [0.5, 0.6) is 0 Å². The van der Waals surface area contributed by atoms with Gasteiger partial charge in [0, 0.05) is 41.7 Å². The Labute approximate surface area is 168 Å². The van der Waals surface area contributed by atoms with Gasteiger partial charge in [-0.15, -0.1) is 0 Å². The molecule has 0 spiro atoms. The molecule has 0 unspecified atom stereocenters. The second-order valence-corrected chi connectivity index (χ2v) is 6.80. The summed E-state index contributed by atoms with van der Waals surface area (Å²) in [6, 6.07) is 21.2. The minimum absolute atomic E-state index is 0.138. The molecule has 1 heterocycles. The average molecular weight is 384 g/mol. The molecule has 29 heavy (non-hydrogen) atoms. The summed E-state index contributed by atoms with van der Waals surface area (Å²) in [7, 11) is 0. The standard InChI is InChI=1S/C23H20N4O2/c1-14(28)24-17-8-10-19-21(12-17)27-22-13-18(25-15(2)29)9-11-20(22)23(19)26-16-6-4-3-5-7-16/h3-13H,1-2H3,(H,24,28)(H,25,29)(H,26,27). The highest BCUT2D eigenvalue weighted by Crippen LogP contribution is 2.35. The van der Waals surface area contributed by atoms with Crippen LogP contribution >= 0.6 is 0 Å². The van der Waals surface area contributed by atoms with Gasteiger partial charge in [-0.1, -0.05) is 18.2 Å². The van der Waals surface area contributed by atoms with Crippen molar-refractivity contribution in [3.8, 4) is 0 Å². The molecule has 0 aliphatic heterocycles. The molecule has 6 heteroatoms. The zero-order valence-electron chi connectivity index (χ0n) is 16.1. The highest BCUT2D eigenvalue weighted by Gasteiger charge is 2.12. The topological polar surface area (TPSA) is 83.1 Å². The number of hydrogen-bond acceptors (Lipinski definition) is 4. The molecule has 4 aromatic rings. The SMILES string of the molecule is CC(=O)Nc1ccc2c(Nc3ccccc3)c3ccc(NC(C)=O)cc3nc2c1. The molecule has 0 saturated heterocycles. The first-order chi connectivity index (χ1) is 14.0. The smallest absolute Gasteiger partial charge is 0.221 e. The van der Waals surface area contributed by atoms with Crippen molar-refractivity contribution in [1.29, 1.82) is 0 Å². The molecule has 0 aliphatic carbocycles. The number of carbonyl (C=O) groups is 2. The molecule has 3 aromatic carbocycles. The monoisotopic (exact) mass is 384 g/mol. The maximum atomic E-state index is 11.4. The summed E-state index contributed by atoms with van der Waals surface area (Å²) < 4.78 is 0. The summed E-state index contributed by atoms with van der Waals surface area (Å²) in [5.41, 5.74) is 4.71. The van der Waals surface area contributed by atoms with E-state index in [1.54, 1.807) is 0 Å². The van der Waals surface area contributed by atoms with Gasteiger partial charge in [-0.25, -0.2) is 4.98 Å². The number of rotatable bonds is 4. The summed E-state index contributed by atoms with van der Waals surface area (Å²) in [5, 5.41) is 11.0. The van der Waals surface area contributed by atoms with Crippen LogP contribution in [0.2, 0.25) is 0 Å². The van der Waals surface area contributed by atoms with E-state index in [0.717, 1.165) is 33.2 Å². The lowest BCUT2D eigenvalue weighted by atomic mass is 10.1. The third-order valence-corrected chi connectivity index (χ3v) is 4.46. The van der Waals surface area contributed by atoms with Gasteiger partial charge in [-0.05, 0) is 48.5 Å². The molecule has 3 N–H and O–H groups in total. The third kappa shape index (κ3) is 4.01. The molecule has 4 rings (SSSR count). The summed E-state index contributed by atoms with van der Waals surface area (Å²) in [6.45, 7) is 2.94. The van der Waals surface area contributed by atoms with E-state index in [-0.39, 0.29) is 11.8 Å². The number of nitrogens with zero attached hydrogens (tertiary/aromatic N) is 1. The molecule has 1 aromatic heterocycles. The highest BCUT2D eigenvalue weighted by atomic mass is 16.2. The van der Waals surface area contributed by atoms with E-state index in [1.807, 2.05) is 66.7 Å². The lowest BCUT2D eigenvalue weighted by molar-refractivity contribution is -0.115. The molecular weight excluding hydrogens is 364 g/mol. The van der Waals surface area contributed by atoms with Gasteiger partial charge in [0.15, 0.2) is 0 Å². The maximum absolute atomic E-state index is 11.4. The van der Waals surface area contributed by atoms with Gasteiger partial charge in [0.1, 0.15) is 0 Å². The van der Waals surface area contributed by atoms with Crippen LogP contribution in [0.15, 0.2) is 66.7 Å². The first-order valence-electron chi connectivity index (χ1n) is 9.24. The van der Waals surface area contributed by atoms with Crippen LogP contribution in [0.3, 0.4) is 0 Å². The fraction of sp³-hybridized carbons (Fsp3) is 0.0870. The van der Waals surface area contributed by atoms with Crippen LogP contribution in [0, 0.1) is 0 Å². The number of benzene rings is 3. The number of fused-ring (bicyclic) bond motifs is 2. The Hall–Kier alpha value is -3.93. The minimum Gasteiger partial charge on any atom is -0.354 e. The van der Waals surface area contributed by atoms with Crippen molar-refractivity contribution >= 4 is 56.4 Å². The summed E-state index contributed by atoms with van der Waals surface area (Å²) >= 11 is 0. The van der Waals surface area contributed by atoms with Crippen molar-refractivity contribution in [1.82, 2.24) is 4.98 Å². The van der Waals surface area contributed by atoms with Crippen molar-refractivity contribution in [3.05, 3.63) is 66.7 Å². The molecule has 0 aliphatic rings. The van der Waals surface area contributed by atoms with E-state index in [2.05, 4.69) is 16.0 Å². The summed E-state index contributed by atoms with van der Waals surface area (Å²) in [5.74, 6) is -0.276. The maximum Gasteiger partial charge on any atom is 0.221 e. The van der Waals surface area contributed by atoms with Crippen LogP contribution in [0.4, 0.5) is 22.7 Å². The number of anilines is 4. The number of para-hydroxylation sites is 1. The Kier molecular flexibility index (Phi) is 4.83. The molecule has 0 atom stereocenters. The van der Waals surface area contributed by atoms with Crippen molar-refractivity contribution in [3.63, 3.8) is 0 Å². The van der Waals surface area contributed by atoms with Gasteiger partial charge in [-0.3, -0.25) is 9.59 Å². The molecule has 0 saturated carbocycles. The second kappa shape index (κ2) is 7.59. The number of pyridine rings is 1. The van der Waals surface area contributed by atoms with E-state index in [4.69, 9.17) is 4.98 Å². The second-order valence-electron chi connectivity index (χ2n) is 6.80. The fourth-order valence-corrected chi connectivity index (χ4v) is 3.31. The van der Waals surface area contributed by atoms with E-state index >= 15 is 0 Å². The van der Waals surface area contributed by atoms with Crippen molar-refractivity contribution < 1.29 is 9.59 Å². The lowest BCUT2D eigenvalue weighted by Gasteiger charge is -2.15. The first kappa shape index (κ1) is 18.4. The largest absolute Gasteiger partial charge is 0.354 e. The zero-order chi connectivity index (χ0) is 20.4. The number of hydrogen-bond donors (Lipinski definition) is 3. The fourth-order valence-electron chi connectivity index (χ4n) is 3.31.